The minimum Gasteiger partial charge on any atom is -0.482 e. The molecule has 0 amide bonds. The van der Waals surface area contributed by atoms with Gasteiger partial charge in [-0.15, -0.1) is 0 Å². The maximum atomic E-state index is 13.4. The molecule has 0 unspecified atom stereocenters. The Kier molecular flexibility index (Phi) is 4.53. The maximum Gasteiger partial charge on any atom is 0.418 e. The number of thioether (sulfide) groups is 1. The van der Waals surface area contributed by atoms with Gasteiger partial charge >= 0.3 is 6.18 Å². The van der Waals surface area contributed by atoms with Gasteiger partial charge in [0.25, 0.3) is 0 Å². The number of aryl methyl sites for hydroxylation is 1. The van der Waals surface area contributed by atoms with E-state index in [0.717, 1.165) is 23.2 Å². The van der Waals surface area contributed by atoms with Gasteiger partial charge in [0.05, 0.1) is 16.1 Å². The second kappa shape index (κ2) is 6.83. The zero-order valence-electron chi connectivity index (χ0n) is 13.8. The van der Waals surface area contributed by atoms with E-state index >= 15 is 0 Å². The highest BCUT2D eigenvalue weighted by Crippen LogP contribution is 2.31. The summed E-state index contributed by atoms with van der Waals surface area (Å²) in [4.78, 5) is 4.38. The van der Waals surface area contributed by atoms with Gasteiger partial charge < -0.3 is 4.74 Å². The van der Waals surface area contributed by atoms with Crippen LogP contribution in [0.25, 0.3) is 16.7 Å². The first kappa shape index (κ1) is 17.2. The van der Waals surface area contributed by atoms with Crippen molar-refractivity contribution in [1.82, 2.24) is 4.98 Å². The molecule has 2 nitrogen and oxygen atoms in total. The molecule has 2 heterocycles. The van der Waals surface area contributed by atoms with Crippen LogP contribution in [0.15, 0.2) is 42.5 Å². The summed E-state index contributed by atoms with van der Waals surface area (Å²) in [6.07, 6.45) is 0.961. The lowest BCUT2D eigenvalue weighted by Crippen LogP contribution is -2.42. The van der Waals surface area contributed by atoms with Crippen molar-refractivity contribution in [2.24, 2.45) is 0 Å². The van der Waals surface area contributed by atoms with Gasteiger partial charge in [0, 0.05) is 11.4 Å². The molecule has 0 atom stereocenters. The second-order valence-electron chi connectivity index (χ2n) is 6.19. The highest BCUT2D eigenvalue weighted by atomic mass is 32.2. The standard InChI is InChI=1S/C20H16F3NOS/c21-20(22,23)16-11-25-19(26-12-13-6-2-1-3-7-13)15-10-14-8-4-5-9-17(14)24-18(15)16/h1-4,6-8,10H,5,9,11-12H2. The summed E-state index contributed by atoms with van der Waals surface area (Å²) in [5.74, 6) is 0.629. The van der Waals surface area contributed by atoms with Gasteiger partial charge in [-0.05, 0) is 30.0 Å². The van der Waals surface area contributed by atoms with E-state index in [4.69, 9.17) is 4.74 Å². The number of alkyl halides is 3. The number of hydrogen-bond donors (Lipinski definition) is 0. The number of hydrogen-bond acceptors (Lipinski definition) is 3. The van der Waals surface area contributed by atoms with Crippen molar-refractivity contribution in [1.29, 1.82) is 0 Å². The van der Waals surface area contributed by atoms with Crippen LogP contribution in [0.2, 0.25) is 0 Å². The lowest BCUT2D eigenvalue weighted by molar-refractivity contribution is -0.0757. The van der Waals surface area contributed by atoms with Crippen molar-refractivity contribution in [3.8, 4) is 0 Å². The molecular weight excluding hydrogens is 359 g/mol. The van der Waals surface area contributed by atoms with E-state index in [2.05, 4.69) is 4.98 Å². The average Bonchev–Trinajstić information content (AvgIpc) is 2.64. The molecule has 0 spiro atoms. The third-order valence-corrected chi connectivity index (χ3v) is 5.47. The summed E-state index contributed by atoms with van der Waals surface area (Å²) in [5, 5.41) is 0.967. The fourth-order valence-corrected chi connectivity index (χ4v) is 4.01. The Morgan fingerprint density at radius 3 is 2.73 bits per heavy atom. The van der Waals surface area contributed by atoms with E-state index in [1.807, 2.05) is 42.5 Å². The highest BCUT2D eigenvalue weighted by molar-refractivity contribution is 8.06. The summed E-state index contributed by atoms with van der Waals surface area (Å²) in [5.41, 5.74) is 1.99. The van der Waals surface area contributed by atoms with Crippen LogP contribution in [0, 0.1) is 0 Å². The van der Waals surface area contributed by atoms with Crippen LogP contribution in [0.5, 0.6) is 0 Å². The quantitative estimate of drug-likeness (QED) is 0.815. The lowest BCUT2D eigenvalue weighted by atomic mass is 10.0. The van der Waals surface area contributed by atoms with Gasteiger partial charge in [0.1, 0.15) is 6.61 Å². The van der Waals surface area contributed by atoms with Gasteiger partial charge in [0.15, 0.2) is 5.09 Å². The molecule has 0 N–H and O–H groups in total. The van der Waals surface area contributed by atoms with Crippen LogP contribution in [-0.4, -0.2) is 17.8 Å². The fraction of sp³-hybridized carbons (Fsp3) is 0.250. The number of allylic oxidation sites excluding steroid dienone is 1. The molecule has 134 valence electrons. The monoisotopic (exact) mass is 375 g/mol. The molecule has 0 radical (unpaired) electrons. The third kappa shape index (κ3) is 3.38. The summed E-state index contributed by atoms with van der Waals surface area (Å²) in [7, 11) is 0. The smallest absolute Gasteiger partial charge is 0.418 e. The number of rotatable bonds is 3. The molecule has 1 aliphatic heterocycles. The Bertz CT molecular complexity index is 981. The van der Waals surface area contributed by atoms with Crippen LogP contribution in [0.4, 0.5) is 13.2 Å². The fourth-order valence-electron chi connectivity index (χ4n) is 3.07. The van der Waals surface area contributed by atoms with E-state index < -0.39 is 18.4 Å². The molecule has 0 bridgehead atoms. The molecule has 2 aromatic rings. The zero-order chi connectivity index (χ0) is 18.1. The number of halogens is 3. The minimum absolute atomic E-state index is 0.0216. The normalized spacial score (nSPS) is 16.1. The van der Waals surface area contributed by atoms with Crippen molar-refractivity contribution >= 4 is 28.5 Å². The molecule has 26 heavy (non-hydrogen) atoms. The van der Waals surface area contributed by atoms with E-state index in [-0.39, 0.29) is 5.35 Å². The van der Waals surface area contributed by atoms with Gasteiger partial charge in [-0.3, -0.25) is 4.98 Å². The summed E-state index contributed by atoms with van der Waals surface area (Å²) in [6, 6.07) is 11.6. The number of ether oxygens (including phenoxy) is 1. The number of fused-ring (bicyclic) bond motifs is 2. The van der Waals surface area contributed by atoms with Crippen LogP contribution in [0.1, 0.15) is 23.2 Å². The summed E-state index contributed by atoms with van der Waals surface area (Å²) >= 11 is 1.41. The molecule has 2 aliphatic rings. The van der Waals surface area contributed by atoms with E-state index in [9.17, 15) is 13.2 Å². The van der Waals surface area contributed by atoms with Crippen LogP contribution in [0.3, 0.4) is 0 Å². The van der Waals surface area contributed by atoms with Crippen molar-refractivity contribution in [3.05, 3.63) is 69.9 Å². The Morgan fingerprint density at radius 2 is 1.96 bits per heavy atom. The molecule has 1 aliphatic carbocycles. The predicted octanol–water partition coefficient (Wildman–Crippen LogP) is 3.78. The van der Waals surface area contributed by atoms with Crippen molar-refractivity contribution < 1.29 is 17.9 Å². The van der Waals surface area contributed by atoms with Crippen LogP contribution in [-0.2, 0) is 16.9 Å². The molecule has 0 saturated heterocycles. The first-order valence-corrected chi connectivity index (χ1v) is 9.31. The zero-order valence-corrected chi connectivity index (χ0v) is 14.7. The van der Waals surface area contributed by atoms with Gasteiger partial charge in [-0.2, -0.15) is 13.2 Å². The SMILES string of the molecule is FC(F)(F)C1=c2nc3c(cc2=C(SCc2ccccc2)OC1)C=CCC3. The molecule has 1 aromatic carbocycles. The first-order valence-electron chi connectivity index (χ1n) is 8.33. The molecular formula is C20H16F3NOS. The largest absolute Gasteiger partial charge is 0.482 e. The Labute approximate surface area is 153 Å². The van der Waals surface area contributed by atoms with Crippen LogP contribution >= 0.6 is 11.8 Å². The average molecular weight is 375 g/mol. The highest BCUT2D eigenvalue weighted by Gasteiger charge is 2.37. The molecule has 1 aromatic heterocycles. The van der Waals surface area contributed by atoms with Gasteiger partial charge in [0.2, 0.25) is 0 Å². The predicted molar refractivity (Wildman–Crippen MR) is 97.4 cm³/mol. The molecule has 0 fully saturated rings. The van der Waals surface area contributed by atoms with Gasteiger partial charge in [-0.1, -0.05) is 54.2 Å². The number of nitrogens with zero attached hydrogens (tertiary/aromatic N) is 1. The third-order valence-electron chi connectivity index (χ3n) is 4.39. The number of pyridine rings is 1. The Hall–Kier alpha value is -2.21. The van der Waals surface area contributed by atoms with Crippen molar-refractivity contribution in [2.45, 2.75) is 24.8 Å². The first-order chi connectivity index (χ1) is 12.5. The number of aromatic nitrogens is 1. The topological polar surface area (TPSA) is 22.1 Å². The minimum atomic E-state index is -4.45. The van der Waals surface area contributed by atoms with Crippen molar-refractivity contribution in [3.63, 3.8) is 0 Å². The second-order valence-corrected chi connectivity index (χ2v) is 7.14. The number of benzene rings is 1. The molecule has 0 saturated carbocycles. The Balaban J connectivity index is 1.85. The summed E-state index contributed by atoms with van der Waals surface area (Å²) in [6.45, 7) is -0.491. The van der Waals surface area contributed by atoms with Crippen molar-refractivity contribution in [2.75, 3.05) is 6.61 Å². The van der Waals surface area contributed by atoms with E-state index in [0.29, 0.717) is 22.5 Å². The van der Waals surface area contributed by atoms with E-state index in [1.54, 1.807) is 6.07 Å². The lowest BCUT2D eigenvalue weighted by Gasteiger charge is -2.21. The molecule has 6 heteroatoms. The maximum absolute atomic E-state index is 13.4. The summed E-state index contributed by atoms with van der Waals surface area (Å²) < 4.78 is 45.8. The van der Waals surface area contributed by atoms with E-state index in [1.165, 1.54) is 11.8 Å². The Morgan fingerprint density at radius 1 is 1.15 bits per heavy atom. The van der Waals surface area contributed by atoms with Gasteiger partial charge in [-0.25, -0.2) is 0 Å². The molecule has 4 rings (SSSR count). The van der Waals surface area contributed by atoms with Crippen LogP contribution < -0.4 is 10.6 Å².